The van der Waals surface area contributed by atoms with E-state index >= 15 is 0 Å². The summed E-state index contributed by atoms with van der Waals surface area (Å²) in [5.41, 5.74) is 0.247. The quantitative estimate of drug-likeness (QED) is 0.776. The number of hydrogen-bond acceptors (Lipinski definition) is 3. The van der Waals surface area contributed by atoms with Crippen LogP contribution >= 0.6 is 0 Å². The van der Waals surface area contributed by atoms with Gasteiger partial charge in [-0.2, -0.15) is 0 Å². The Balaban J connectivity index is 1.70. The molecule has 0 saturated carbocycles. The molecule has 3 rings (SSSR count). The number of furan rings is 1. The number of nitrogens with zero attached hydrogens (tertiary/aromatic N) is 1. The van der Waals surface area contributed by atoms with Gasteiger partial charge in [0.05, 0.1) is 12.6 Å². The van der Waals surface area contributed by atoms with E-state index in [1.165, 1.54) is 22.8 Å². The van der Waals surface area contributed by atoms with Crippen LogP contribution in [0.5, 0.6) is 0 Å². The topological polar surface area (TPSA) is 64.2 Å². The highest BCUT2D eigenvalue weighted by Crippen LogP contribution is 2.17. The van der Waals surface area contributed by atoms with Gasteiger partial charge in [0, 0.05) is 17.8 Å². The van der Waals surface area contributed by atoms with Gasteiger partial charge in [0.1, 0.15) is 11.6 Å². The Hall–Kier alpha value is -3.15. The molecule has 0 aliphatic carbocycles. The lowest BCUT2D eigenvalue weighted by Gasteiger charge is -2.14. The van der Waals surface area contributed by atoms with Gasteiger partial charge in [-0.15, -0.1) is 0 Å². The summed E-state index contributed by atoms with van der Waals surface area (Å²) in [7, 11) is 0. The van der Waals surface area contributed by atoms with E-state index in [-0.39, 0.29) is 23.7 Å². The smallest absolute Gasteiger partial charge is 0.287 e. The molecule has 25 heavy (non-hydrogen) atoms. The Morgan fingerprint density at radius 3 is 2.68 bits per heavy atom. The number of rotatable bonds is 5. The molecule has 0 radical (unpaired) electrons. The van der Waals surface area contributed by atoms with Gasteiger partial charge in [-0.3, -0.25) is 9.59 Å². The van der Waals surface area contributed by atoms with Crippen molar-refractivity contribution in [3.63, 3.8) is 0 Å². The van der Waals surface area contributed by atoms with Gasteiger partial charge in [-0.25, -0.2) is 4.39 Å². The molecule has 0 saturated heterocycles. The van der Waals surface area contributed by atoms with Crippen LogP contribution in [0.1, 0.15) is 34.8 Å². The third-order valence-corrected chi connectivity index (χ3v) is 3.83. The number of carbonyl (C=O) groups is 1. The molecule has 1 amide bonds. The first-order chi connectivity index (χ1) is 12.0. The average molecular weight is 340 g/mol. The van der Waals surface area contributed by atoms with Gasteiger partial charge >= 0.3 is 0 Å². The Kier molecular flexibility index (Phi) is 4.79. The van der Waals surface area contributed by atoms with Crippen LogP contribution in [-0.2, 0) is 6.54 Å². The molecule has 5 nitrogen and oxygen atoms in total. The van der Waals surface area contributed by atoms with Crippen LogP contribution in [0.4, 0.5) is 4.39 Å². The molecular weight excluding hydrogens is 323 g/mol. The van der Waals surface area contributed by atoms with Crippen LogP contribution in [-0.4, -0.2) is 10.5 Å². The largest absolute Gasteiger partial charge is 0.454 e. The maximum atomic E-state index is 13.8. The highest BCUT2D eigenvalue weighted by molar-refractivity contribution is 5.91. The molecule has 0 aliphatic rings. The molecule has 1 aromatic carbocycles. The van der Waals surface area contributed by atoms with Crippen molar-refractivity contribution in [3.05, 3.63) is 94.0 Å². The van der Waals surface area contributed by atoms with E-state index in [2.05, 4.69) is 5.32 Å². The molecule has 6 heteroatoms. The molecule has 0 unspecified atom stereocenters. The van der Waals surface area contributed by atoms with Crippen molar-refractivity contribution in [2.24, 2.45) is 0 Å². The van der Waals surface area contributed by atoms with Crippen LogP contribution in [0.3, 0.4) is 0 Å². The molecule has 2 heterocycles. The number of carbonyl (C=O) groups excluding carboxylic acids is 1. The maximum absolute atomic E-state index is 13.8. The normalized spacial score (nSPS) is 11.9. The van der Waals surface area contributed by atoms with Crippen LogP contribution in [0, 0.1) is 5.82 Å². The van der Waals surface area contributed by atoms with E-state index in [9.17, 15) is 14.0 Å². The first-order valence-electron chi connectivity index (χ1n) is 7.84. The maximum Gasteiger partial charge on any atom is 0.287 e. The summed E-state index contributed by atoms with van der Waals surface area (Å²) in [5.74, 6) is -0.222. The van der Waals surface area contributed by atoms with Gasteiger partial charge < -0.3 is 14.3 Å². The van der Waals surface area contributed by atoms with Crippen molar-refractivity contribution < 1.29 is 13.6 Å². The Labute approximate surface area is 143 Å². The van der Waals surface area contributed by atoms with Crippen LogP contribution in [0.15, 0.2) is 70.0 Å². The minimum Gasteiger partial charge on any atom is -0.454 e. The first-order valence-corrected chi connectivity index (χ1v) is 7.84. The Bertz CT molecular complexity index is 945. The van der Waals surface area contributed by atoms with Gasteiger partial charge in [0.2, 0.25) is 0 Å². The highest BCUT2D eigenvalue weighted by Gasteiger charge is 2.17. The molecular formula is C19H17FN2O3. The van der Waals surface area contributed by atoms with E-state index in [1.54, 1.807) is 49.5 Å². The van der Waals surface area contributed by atoms with Gasteiger partial charge in [-0.05, 0) is 31.2 Å². The molecule has 0 fully saturated rings. The monoisotopic (exact) mass is 340 g/mol. The summed E-state index contributed by atoms with van der Waals surface area (Å²) in [4.78, 5) is 24.0. The minimum absolute atomic E-state index is 0.113. The summed E-state index contributed by atoms with van der Waals surface area (Å²) >= 11 is 0. The van der Waals surface area contributed by atoms with E-state index < -0.39 is 11.9 Å². The number of hydrogen-bond donors (Lipinski definition) is 1. The second-order valence-corrected chi connectivity index (χ2v) is 5.65. The predicted octanol–water partition coefficient (Wildman–Crippen LogP) is 3.12. The zero-order chi connectivity index (χ0) is 17.8. The summed E-state index contributed by atoms with van der Waals surface area (Å²) in [6, 6.07) is 13.8. The van der Waals surface area contributed by atoms with E-state index in [1.807, 2.05) is 0 Å². The number of pyridine rings is 1. The molecule has 1 atom stereocenters. The second-order valence-electron chi connectivity index (χ2n) is 5.65. The summed E-state index contributed by atoms with van der Waals surface area (Å²) < 4.78 is 20.8. The van der Waals surface area contributed by atoms with Crippen molar-refractivity contribution in [1.82, 2.24) is 9.88 Å². The summed E-state index contributed by atoms with van der Waals surface area (Å²) in [6.07, 6.45) is 1.64. The number of halogens is 1. The molecule has 0 bridgehead atoms. The van der Waals surface area contributed by atoms with Crippen molar-refractivity contribution in [3.8, 4) is 0 Å². The standard InChI is InChI=1S/C19H17FN2O3/c1-13(15-6-2-3-7-16(15)20)21-19(24)17-10-9-14(25-17)12-22-11-5-4-8-18(22)23/h2-11,13H,12H2,1H3,(H,21,24)/t13-/m0/s1. The van der Waals surface area contributed by atoms with Crippen molar-refractivity contribution in [2.45, 2.75) is 19.5 Å². The van der Waals surface area contributed by atoms with Crippen LogP contribution in [0.2, 0.25) is 0 Å². The first kappa shape index (κ1) is 16.7. The van der Waals surface area contributed by atoms with Crippen molar-refractivity contribution in [2.75, 3.05) is 0 Å². The number of benzene rings is 1. The second kappa shape index (κ2) is 7.17. The lowest BCUT2D eigenvalue weighted by molar-refractivity contribution is 0.0909. The van der Waals surface area contributed by atoms with Gasteiger partial charge in [0.15, 0.2) is 5.76 Å². The van der Waals surface area contributed by atoms with Crippen molar-refractivity contribution >= 4 is 5.91 Å². The van der Waals surface area contributed by atoms with Crippen LogP contribution in [0.25, 0.3) is 0 Å². The molecule has 3 aromatic rings. The van der Waals surface area contributed by atoms with E-state index in [4.69, 9.17) is 4.42 Å². The molecule has 0 spiro atoms. The zero-order valence-corrected chi connectivity index (χ0v) is 13.6. The summed E-state index contributed by atoms with van der Waals surface area (Å²) in [5, 5.41) is 2.70. The average Bonchev–Trinajstić information content (AvgIpc) is 3.06. The highest BCUT2D eigenvalue weighted by atomic mass is 19.1. The molecule has 1 N–H and O–H groups in total. The van der Waals surface area contributed by atoms with Gasteiger partial charge in [-0.1, -0.05) is 24.3 Å². The fraction of sp³-hybridized carbons (Fsp3) is 0.158. The fourth-order valence-corrected chi connectivity index (χ4v) is 2.52. The predicted molar refractivity (Wildman–Crippen MR) is 90.8 cm³/mol. The van der Waals surface area contributed by atoms with E-state index in [0.717, 1.165) is 0 Å². The summed E-state index contributed by atoms with van der Waals surface area (Å²) in [6.45, 7) is 1.93. The fourth-order valence-electron chi connectivity index (χ4n) is 2.52. The Morgan fingerprint density at radius 1 is 1.16 bits per heavy atom. The lowest BCUT2D eigenvalue weighted by atomic mass is 10.1. The van der Waals surface area contributed by atoms with E-state index in [0.29, 0.717) is 11.3 Å². The SMILES string of the molecule is C[C@H](NC(=O)c1ccc(Cn2ccccc2=O)o1)c1ccccc1F. The minimum atomic E-state index is -0.501. The van der Waals surface area contributed by atoms with Crippen molar-refractivity contribution in [1.29, 1.82) is 0 Å². The zero-order valence-electron chi connectivity index (χ0n) is 13.6. The molecule has 2 aromatic heterocycles. The van der Waals surface area contributed by atoms with Crippen LogP contribution < -0.4 is 10.9 Å². The third-order valence-electron chi connectivity index (χ3n) is 3.83. The lowest BCUT2D eigenvalue weighted by Crippen LogP contribution is -2.26. The number of nitrogens with one attached hydrogen (secondary N) is 1. The number of aromatic nitrogens is 1. The third kappa shape index (κ3) is 3.85. The Morgan fingerprint density at radius 2 is 1.92 bits per heavy atom. The van der Waals surface area contributed by atoms with Gasteiger partial charge in [0.25, 0.3) is 11.5 Å². The molecule has 0 aliphatic heterocycles. The number of amides is 1. The molecule has 128 valence electrons.